The summed E-state index contributed by atoms with van der Waals surface area (Å²) in [6.45, 7) is 7.03. The third-order valence-corrected chi connectivity index (χ3v) is 5.27. The van der Waals surface area contributed by atoms with Gasteiger partial charge in [-0.2, -0.15) is 26.9 Å². The zero-order valence-electron chi connectivity index (χ0n) is 18.3. The molecule has 0 aliphatic heterocycles. The molecule has 0 amide bonds. The highest BCUT2D eigenvalue weighted by Gasteiger charge is 2.50. The maximum Gasteiger partial charge on any atom is 0.534 e. The van der Waals surface area contributed by atoms with Crippen LogP contribution in [0, 0.1) is 24.1 Å². The van der Waals surface area contributed by atoms with E-state index in [0.29, 0.717) is 0 Å². The first-order valence-corrected chi connectivity index (χ1v) is 11.0. The number of nitriles is 1. The predicted octanol–water partition coefficient (Wildman–Crippen LogP) is 4.81. The minimum atomic E-state index is -6.22. The second-order valence-electron chi connectivity index (χ2n) is 7.90. The summed E-state index contributed by atoms with van der Waals surface area (Å²) in [5.41, 5.74) is -7.92. The van der Waals surface area contributed by atoms with Crippen molar-refractivity contribution in [2.24, 2.45) is 0 Å². The first-order chi connectivity index (χ1) is 15.0. The predicted molar refractivity (Wildman–Crippen MR) is 109 cm³/mol. The Bertz CT molecular complexity index is 1230. The molecular weight excluding hydrogens is 470 g/mol. The monoisotopic (exact) mass is 491 g/mol. The molecule has 0 heterocycles. The van der Waals surface area contributed by atoms with Gasteiger partial charge in [-0.3, -0.25) is 0 Å². The number of nitrogens with zero attached hydrogens (tertiary/aromatic N) is 1. The van der Waals surface area contributed by atoms with Crippen molar-refractivity contribution in [3.8, 4) is 11.8 Å². The van der Waals surface area contributed by atoms with E-state index in [1.807, 2.05) is 0 Å². The Balaban J connectivity index is 3.01. The van der Waals surface area contributed by atoms with Gasteiger partial charge in [-0.05, 0) is 58.4 Å². The van der Waals surface area contributed by atoms with Crippen molar-refractivity contribution < 1.29 is 44.4 Å². The average Bonchev–Trinajstić information content (AvgIpc) is 2.68. The summed E-state index contributed by atoms with van der Waals surface area (Å²) in [5.74, 6) is -3.04. The van der Waals surface area contributed by atoms with Crippen LogP contribution in [0.25, 0.3) is 10.8 Å². The number of halogens is 4. The van der Waals surface area contributed by atoms with Crippen molar-refractivity contribution in [1.82, 2.24) is 0 Å². The molecular formula is C21H21F4NO6S. The summed E-state index contributed by atoms with van der Waals surface area (Å²) in [7, 11) is -6.22. The van der Waals surface area contributed by atoms with Gasteiger partial charge in [-0.1, -0.05) is 0 Å². The van der Waals surface area contributed by atoms with Gasteiger partial charge >= 0.3 is 21.6 Å². The van der Waals surface area contributed by atoms with Gasteiger partial charge in [0, 0.05) is 16.3 Å². The Kier molecular flexibility index (Phi) is 7.30. The summed E-state index contributed by atoms with van der Waals surface area (Å²) in [6, 6.07) is 4.95. The molecule has 0 bridgehead atoms. The smallest absolute Gasteiger partial charge is 0.464 e. The van der Waals surface area contributed by atoms with E-state index in [0.717, 1.165) is 25.1 Å². The quantitative estimate of drug-likeness (QED) is 0.247. The minimum Gasteiger partial charge on any atom is -0.464 e. The van der Waals surface area contributed by atoms with Crippen LogP contribution in [0.15, 0.2) is 18.2 Å². The number of carbonyl (C=O) groups is 1. The van der Waals surface area contributed by atoms with Crippen LogP contribution in [0.2, 0.25) is 0 Å². The summed E-state index contributed by atoms with van der Waals surface area (Å²) >= 11 is 0. The number of rotatable bonds is 6. The highest BCUT2D eigenvalue weighted by atomic mass is 32.2. The number of benzene rings is 2. The molecule has 1 atom stereocenters. The molecule has 0 aliphatic carbocycles. The molecule has 0 saturated heterocycles. The summed E-state index contributed by atoms with van der Waals surface area (Å²) < 4.78 is 93.6. The van der Waals surface area contributed by atoms with Gasteiger partial charge in [-0.25, -0.2) is 9.18 Å². The fraction of sp³-hybridized carbons (Fsp3) is 0.429. The molecule has 0 spiro atoms. The highest BCUT2D eigenvalue weighted by molar-refractivity contribution is 7.88. The fourth-order valence-corrected chi connectivity index (χ4v) is 3.48. The second kappa shape index (κ2) is 9.15. The van der Waals surface area contributed by atoms with Crippen LogP contribution in [0.3, 0.4) is 0 Å². The molecule has 0 saturated carbocycles. The van der Waals surface area contributed by atoms with Crippen LogP contribution in [-0.4, -0.2) is 32.1 Å². The lowest BCUT2D eigenvalue weighted by atomic mass is 9.94. The van der Waals surface area contributed by atoms with E-state index >= 15 is 4.39 Å². The number of ether oxygens (including phenoxy) is 2. The first-order valence-electron chi connectivity index (χ1n) is 9.55. The lowest BCUT2D eigenvalue weighted by molar-refractivity contribution is -0.167. The minimum absolute atomic E-state index is 0.0361. The largest absolute Gasteiger partial charge is 0.534 e. The molecule has 0 fully saturated rings. The summed E-state index contributed by atoms with van der Waals surface area (Å²) in [5, 5.41) is 8.31. The van der Waals surface area contributed by atoms with Gasteiger partial charge < -0.3 is 13.7 Å². The molecule has 2 rings (SSSR count). The maximum atomic E-state index is 15.3. The second-order valence-corrected chi connectivity index (χ2v) is 9.44. The van der Waals surface area contributed by atoms with E-state index in [1.54, 1.807) is 6.07 Å². The molecule has 0 unspecified atom stereocenters. The number of alkyl halides is 3. The Morgan fingerprint density at radius 1 is 1.18 bits per heavy atom. The zero-order valence-corrected chi connectivity index (χ0v) is 19.1. The molecule has 33 heavy (non-hydrogen) atoms. The van der Waals surface area contributed by atoms with Crippen LogP contribution in [-0.2, 0) is 24.4 Å². The molecule has 0 aliphatic rings. The molecule has 2 aromatic rings. The normalized spacial score (nSPS) is 13.5. The van der Waals surface area contributed by atoms with Crippen molar-refractivity contribution in [3.63, 3.8) is 0 Å². The Labute approximate surface area is 188 Å². The number of esters is 1. The summed E-state index contributed by atoms with van der Waals surface area (Å²) in [4.78, 5) is 12.7. The van der Waals surface area contributed by atoms with E-state index in [1.165, 1.54) is 27.7 Å². The van der Waals surface area contributed by atoms with Crippen molar-refractivity contribution in [2.75, 3.05) is 6.61 Å². The van der Waals surface area contributed by atoms with E-state index in [-0.39, 0.29) is 17.6 Å². The van der Waals surface area contributed by atoms with Crippen molar-refractivity contribution in [3.05, 3.63) is 40.7 Å². The molecule has 2 aromatic carbocycles. The van der Waals surface area contributed by atoms with Crippen LogP contribution < -0.4 is 4.18 Å². The third-order valence-electron chi connectivity index (χ3n) is 4.32. The standard InChI is InChI=1S/C21H21F4NO6S/c1-6-30-19(27)18(31-20(3,4)5)15-11(2)16(22)14-9-12(10-26)7-8-13(14)17(15)32-33(28,29)21(23,24)25/h7-9,18H,6H2,1-5H3/t18-/m0/s1. The van der Waals surface area contributed by atoms with E-state index < -0.39 is 61.4 Å². The molecule has 0 N–H and O–H groups in total. The van der Waals surface area contributed by atoms with E-state index in [9.17, 15) is 26.4 Å². The molecule has 180 valence electrons. The highest BCUT2D eigenvalue weighted by Crippen LogP contribution is 2.43. The van der Waals surface area contributed by atoms with Crippen molar-refractivity contribution >= 4 is 26.9 Å². The molecule has 0 aromatic heterocycles. The summed E-state index contributed by atoms with van der Waals surface area (Å²) in [6.07, 6.45) is -1.82. The Morgan fingerprint density at radius 3 is 2.27 bits per heavy atom. The van der Waals surface area contributed by atoms with Crippen molar-refractivity contribution in [1.29, 1.82) is 5.26 Å². The van der Waals surface area contributed by atoms with Gasteiger partial charge in [0.05, 0.1) is 23.8 Å². The van der Waals surface area contributed by atoms with E-state index in [2.05, 4.69) is 4.18 Å². The van der Waals surface area contributed by atoms with E-state index in [4.69, 9.17) is 14.7 Å². The number of hydrogen-bond acceptors (Lipinski definition) is 7. The SMILES string of the molecule is CCOC(=O)[C@@H](OC(C)(C)C)c1c(C)c(F)c2cc(C#N)ccc2c1OS(=O)(=O)C(F)(F)F. The van der Waals surface area contributed by atoms with Gasteiger partial charge in [0.15, 0.2) is 11.9 Å². The van der Waals surface area contributed by atoms with Gasteiger partial charge in [0.1, 0.15) is 5.82 Å². The lowest BCUT2D eigenvalue weighted by Gasteiger charge is -2.29. The topological polar surface area (TPSA) is 103 Å². The van der Waals surface area contributed by atoms with Gasteiger partial charge in [0.2, 0.25) is 0 Å². The van der Waals surface area contributed by atoms with Crippen LogP contribution in [0.1, 0.15) is 50.5 Å². The number of hydrogen-bond donors (Lipinski definition) is 0. The number of fused-ring (bicyclic) bond motifs is 1. The number of carbonyl (C=O) groups excluding carboxylic acids is 1. The van der Waals surface area contributed by atoms with Crippen molar-refractivity contribution in [2.45, 2.75) is 51.8 Å². The van der Waals surface area contributed by atoms with Gasteiger partial charge in [-0.15, -0.1) is 0 Å². The third kappa shape index (κ3) is 5.54. The maximum absolute atomic E-state index is 15.3. The van der Waals surface area contributed by atoms with Crippen LogP contribution in [0.4, 0.5) is 17.6 Å². The lowest BCUT2D eigenvalue weighted by Crippen LogP contribution is -2.32. The first kappa shape index (κ1) is 26.3. The van der Waals surface area contributed by atoms with Crippen LogP contribution in [0.5, 0.6) is 5.75 Å². The molecule has 7 nitrogen and oxygen atoms in total. The Morgan fingerprint density at radius 2 is 1.79 bits per heavy atom. The fourth-order valence-electron chi connectivity index (χ4n) is 2.99. The van der Waals surface area contributed by atoms with Gasteiger partial charge in [0.25, 0.3) is 0 Å². The molecule has 12 heteroatoms. The molecule has 0 radical (unpaired) electrons. The Hall–Kier alpha value is -2.91. The van der Waals surface area contributed by atoms with Crippen LogP contribution >= 0.6 is 0 Å². The average molecular weight is 491 g/mol. The zero-order chi connectivity index (χ0) is 25.4.